The Labute approximate surface area is 170 Å². The molecule has 3 aromatic heterocycles. The Balaban J connectivity index is 1.65. The largest absolute Gasteiger partial charge is 0.368 e. The number of aromatic nitrogens is 5. The van der Waals surface area contributed by atoms with E-state index in [4.69, 9.17) is 4.74 Å². The van der Waals surface area contributed by atoms with E-state index in [1.807, 2.05) is 23.9 Å². The van der Waals surface area contributed by atoms with Crippen molar-refractivity contribution < 1.29 is 9.53 Å². The summed E-state index contributed by atoms with van der Waals surface area (Å²) in [5.74, 6) is 0.736. The standard InChI is InChI=1S/C21H28N6O2/c1-5-26-9-8-22-20(26)18-17(7-6-10-29-18)25-21(28)15-11-14(4)24-19-16(15)12-23-27(19)13(2)3/h8-9,11-13,17-18H,5-7,10H2,1-4H3,(H,25,28)/t17-,18-/m0/s1. The first-order valence-corrected chi connectivity index (χ1v) is 10.3. The van der Waals surface area contributed by atoms with Crippen molar-refractivity contribution in [3.63, 3.8) is 0 Å². The van der Waals surface area contributed by atoms with E-state index in [0.717, 1.165) is 41.9 Å². The number of hydrogen-bond acceptors (Lipinski definition) is 5. The maximum atomic E-state index is 13.3. The van der Waals surface area contributed by atoms with Gasteiger partial charge < -0.3 is 14.6 Å². The van der Waals surface area contributed by atoms with Crippen molar-refractivity contribution in [1.82, 2.24) is 29.6 Å². The number of hydrogen-bond donors (Lipinski definition) is 1. The summed E-state index contributed by atoms with van der Waals surface area (Å²) >= 11 is 0. The van der Waals surface area contributed by atoms with Crippen molar-refractivity contribution in [3.8, 4) is 0 Å². The molecule has 154 valence electrons. The van der Waals surface area contributed by atoms with Gasteiger partial charge in [-0.25, -0.2) is 14.6 Å². The van der Waals surface area contributed by atoms with Crippen molar-refractivity contribution in [2.75, 3.05) is 6.61 Å². The monoisotopic (exact) mass is 396 g/mol. The lowest BCUT2D eigenvalue weighted by Crippen LogP contribution is -2.43. The van der Waals surface area contributed by atoms with Crippen LogP contribution < -0.4 is 5.32 Å². The van der Waals surface area contributed by atoms with Gasteiger partial charge in [-0.05, 0) is 46.6 Å². The minimum Gasteiger partial charge on any atom is -0.368 e. The molecule has 3 aromatic rings. The van der Waals surface area contributed by atoms with E-state index in [-0.39, 0.29) is 24.1 Å². The van der Waals surface area contributed by atoms with Crippen LogP contribution in [0, 0.1) is 6.92 Å². The van der Waals surface area contributed by atoms with Crippen molar-refractivity contribution in [2.45, 2.75) is 65.3 Å². The first-order chi connectivity index (χ1) is 14.0. The smallest absolute Gasteiger partial charge is 0.252 e. The molecule has 0 spiro atoms. The maximum absolute atomic E-state index is 13.3. The van der Waals surface area contributed by atoms with Crippen LogP contribution in [0.2, 0.25) is 0 Å². The second-order valence-corrected chi connectivity index (χ2v) is 7.82. The van der Waals surface area contributed by atoms with Gasteiger partial charge >= 0.3 is 0 Å². The van der Waals surface area contributed by atoms with Gasteiger partial charge in [-0.2, -0.15) is 5.10 Å². The zero-order valence-corrected chi connectivity index (χ0v) is 17.4. The number of amides is 1. The molecule has 29 heavy (non-hydrogen) atoms. The van der Waals surface area contributed by atoms with Gasteiger partial charge in [-0.1, -0.05) is 0 Å². The minimum atomic E-state index is -0.250. The second-order valence-electron chi connectivity index (χ2n) is 7.82. The SMILES string of the molecule is CCn1ccnc1[C@H]1OCCC[C@@H]1NC(=O)c1cc(C)nc2c1cnn2C(C)C. The molecule has 1 amide bonds. The van der Waals surface area contributed by atoms with Crippen molar-refractivity contribution in [2.24, 2.45) is 0 Å². The van der Waals surface area contributed by atoms with Crippen LogP contribution in [-0.4, -0.2) is 42.9 Å². The summed E-state index contributed by atoms with van der Waals surface area (Å²) < 4.78 is 9.95. The lowest BCUT2D eigenvalue weighted by molar-refractivity contribution is -0.0163. The highest BCUT2D eigenvalue weighted by Crippen LogP contribution is 2.28. The van der Waals surface area contributed by atoms with Crippen LogP contribution in [0.4, 0.5) is 0 Å². The Kier molecular flexibility index (Phi) is 5.36. The molecular formula is C21H28N6O2. The molecule has 0 radical (unpaired) electrons. The predicted octanol–water partition coefficient (Wildman–Crippen LogP) is 3.19. The summed E-state index contributed by atoms with van der Waals surface area (Å²) in [5, 5.41) is 8.41. The molecule has 0 bridgehead atoms. The molecule has 4 heterocycles. The first kappa shape index (κ1) is 19.6. The van der Waals surface area contributed by atoms with Crippen LogP contribution in [0.15, 0.2) is 24.7 Å². The average Bonchev–Trinajstić information content (AvgIpc) is 3.34. The molecule has 1 aliphatic heterocycles. The molecule has 8 nitrogen and oxygen atoms in total. The van der Waals surface area contributed by atoms with Gasteiger partial charge in [0.15, 0.2) is 5.65 Å². The van der Waals surface area contributed by atoms with E-state index < -0.39 is 0 Å². The summed E-state index contributed by atoms with van der Waals surface area (Å²) in [5.41, 5.74) is 2.13. The van der Waals surface area contributed by atoms with Gasteiger partial charge in [-0.3, -0.25) is 4.79 Å². The fourth-order valence-corrected chi connectivity index (χ4v) is 3.98. The number of nitrogens with one attached hydrogen (secondary N) is 1. The highest BCUT2D eigenvalue weighted by Gasteiger charge is 2.32. The quantitative estimate of drug-likeness (QED) is 0.716. The second kappa shape index (κ2) is 7.94. The zero-order chi connectivity index (χ0) is 20.5. The Morgan fingerprint density at radius 3 is 3.00 bits per heavy atom. The number of rotatable bonds is 5. The van der Waals surface area contributed by atoms with Gasteiger partial charge in [0.05, 0.1) is 23.2 Å². The predicted molar refractivity (Wildman–Crippen MR) is 110 cm³/mol. The summed E-state index contributed by atoms with van der Waals surface area (Å²) in [6.45, 7) is 9.57. The Morgan fingerprint density at radius 2 is 2.24 bits per heavy atom. The van der Waals surface area contributed by atoms with E-state index in [1.54, 1.807) is 12.4 Å². The van der Waals surface area contributed by atoms with Gasteiger partial charge in [0.1, 0.15) is 11.9 Å². The van der Waals surface area contributed by atoms with Crippen molar-refractivity contribution in [1.29, 1.82) is 0 Å². The average molecular weight is 396 g/mol. The van der Waals surface area contributed by atoms with E-state index in [0.29, 0.717) is 12.2 Å². The number of carbonyl (C=O) groups excluding carboxylic acids is 1. The first-order valence-electron chi connectivity index (χ1n) is 10.3. The van der Waals surface area contributed by atoms with E-state index >= 15 is 0 Å². The third-order valence-electron chi connectivity index (χ3n) is 5.41. The molecule has 1 aliphatic rings. The molecule has 1 fully saturated rings. The fourth-order valence-electron chi connectivity index (χ4n) is 3.98. The van der Waals surface area contributed by atoms with Crippen LogP contribution in [-0.2, 0) is 11.3 Å². The lowest BCUT2D eigenvalue weighted by Gasteiger charge is -2.32. The number of ether oxygens (including phenoxy) is 1. The Bertz CT molecular complexity index is 1020. The normalized spacial score (nSPS) is 19.8. The number of carbonyl (C=O) groups is 1. The number of fused-ring (bicyclic) bond motifs is 1. The Hall–Kier alpha value is -2.74. The van der Waals surface area contributed by atoms with Crippen LogP contribution in [0.3, 0.4) is 0 Å². The number of nitrogens with zero attached hydrogens (tertiary/aromatic N) is 5. The molecule has 2 atom stereocenters. The highest BCUT2D eigenvalue weighted by molar-refractivity contribution is 6.05. The van der Waals surface area contributed by atoms with Crippen LogP contribution in [0.25, 0.3) is 11.0 Å². The van der Waals surface area contributed by atoms with E-state index in [1.165, 1.54) is 0 Å². The third-order valence-corrected chi connectivity index (χ3v) is 5.41. The van der Waals surface area contributed by atoms with E-state index in [2.05, 4.69) is 45.7 Å². The topological polar surface area (TPSA) is 86.9 Å². The van der Waals surface area contributed by atoms with Crippen molar-refractivity contribution >= 4 is 16.9 Å². The van der Waals surface area contributed by atoms with Crippen LogP contribution >= 0.6 is 0 Å². The number of imidazole rings is 1. The van der Waals surface area contributed by atoms with Gasteiger partial charge in [-0.15, -0.1) is 0 Å². The molecule has 0 aliphatic carbocycles. The number of aryl methyl sites for hydroxylation is 2. The molecule has 1 saturated heterocycles. The lowest BCUT2D eigenvalue weighted by atomic mass is 10.0. The van der Waals surface area contributed by atoms with Gasteiger partial charge in [0.2, 0.25) is 0 Å². The van der Waals surface area contributed by atoms with Crippen molar-refractivity contribution in [3.05, 3.63) is 41.7 Å². The third kappa shape index (κ3) is 3.64. The highest BCUT2D eigenvalue weighted by atomic mass is 16.5. The molecular weight excluding hydrogens is 368 g/mol. The van der Waals surface area contributed by atoms with Crippen LogP contribution in [0.5, 0.6) is 0 Å². The van der Waals surface area contributed by atoms with Crippen LogP contribution in [0.1, 0.15) is 67.6 Å². The molecule has 1 N–H and O–H groups in total. The molecule has 8 heteroatoms. The fraction of sp³-hybridized carbons (Fsp3) is 0.524. The summed E-state index contributed by atoms with van der Waals surface area (Å²) in [6, 6.07) is 1.87. The molecule has 4 rings (SSSR count). The summed E-state index contributed by atoms with van der Waals surface area (Å²) in [6.07, 6.45) is 6.97. The zero-order valence-electron chi connectivity index (χ0n) is 17.4. The summed E-state index contributed by atoms with van der Waals surface area (Å²) in [4.78, 5) is 22.4. The number of pyridine rings is 1. The molecule has 0 unspecified atom stereocenters. The molecule has 0 saturated carbocycles. The summed E-state index contributed by atoms with van der Waals surface area (Å²) in [7, 11) is 0. The maximum Gasteiger partial charge on any atom is 0.252 e. The van der Waals surface area contributed by atoms with Gasteiger partial charge in [0.25, 0.3) is 5.91 Å². The molecule has 0 aromatic carbocycles. The minimum absolute atomic E-state index is 0.126. The van der Waals surface area contributed by atoms with E-state index in [9.17, 15) is 4.79 Å². The van der Waals surface area contributed by atoms with Gasteiger partial charge in [0, 0.05) is 37.3 Å². The Morgan fingerprint density at radius 1 is 1.41 bits per heavy atom.